The highest BCUT2D eigenvalue weighted by atomic mass is 35.5. The quantitative estimate of drug-likeness (QED) is 0.253. The summed E-state index contributed by atoms with van der Waals surface area (Å²) in [6, 6.07) is 20.8. The van der Waals surface area contributed by atoms with Crippen molar-refractivity contribution in [3.63, 3.8) is 0 Å². The third-order valence-corrected chi connectivity index (χ3v) is 5.93. The van der Waals surface area contributed by atoms with Gasteiger partial charge >= 0.3 is 12.1 Å². The molecule has 0 radical (unpaired) electrons. The number of nitrogens with zero attached hydrogens (tertiary/aromatic N) is 1. The zero-order valence-corrected chi connectivity index (χ0v) is 21.1. The van der Waals surface area contributed by atoms with Crippen LogP contribution in [0.1, 0.15) is 28.7 Å². The van der Waals surface area contributed by atoms with E-state index in [0.29, 0.717) is 43.0 Å². The number of alkyl halides is 3. The van der Waals surface area contributed by atoms with Gasteiger partial charge in [0.1, 0.15) is 5.75 Å². The predicted octanol–water partition coefficient (Wildman–Crippen LogP) is 6.92. The van der Waals surface area contributed by atoms with E-state index in [4.69, 9.17) is 21.4 Å². The maximum Gasteiger partial charge on any atom is 0.417 e. The molecule has 0 spiro atoms. The van der Waals surface area contributed by atoms with E-state index in [1.165, 1.54) is 6.07 Å². The van der Waals surface area contributed by atoms with Crippen molar-refractivity contribution in [2.75, 3.05) is 19.7 Å². The Morgan fingerprint density at radius 3 is 2.33 bits per heavy atom. The van der Waals surface area contributed by atoms with Gasteiger partial charge in [-0.2, -0.15) is 13.2 Å². The third kappa shape index (κ3) is 9.37. The molecule has 0 amide bonds. The lowest BCUT2D eigenvalue weighted by molar-refractivity contribution is -0.138. The number of carboxylic acid groups (broad SMARTS) is 1. The van der Waals surface area contributed by atoms with Crippen LogP contribution >= 0.6 is 24.0 Å². The number of carbonyl (C=O) groups is 1. The van der Waals surface area contributed by atoms with Crippen LogP contribution in [0.3, 0.4) is 0 Å². The first-order chi connectivity index (χ1) is 16.7. The fraction of sp³-hybridized carbons (Fsp3) is 0.296. The van der Waals surface area contributed by atoms with Crippen LogP contribution in [0.2, 0.25) is 5.02 Å². The molecule has 0 saturated heterocycles. The largest absolute Gasteiger partial charge is 0.494 e. The molecule has 4 nitrogen and oxygen atoms in total. The number of benzene rings is 3. The molecule has 0 atom stereocenters. The predicted molar refractivity (Wildman–Crippen MR) is 137 cm³/mol. The number of hydrogen-bond donors (Lipinski definition) is 1. The van der Waals surface area contributed by atoms with E-state index in [1.807, 2.05) is 30.3 Å². The molecule has 0 aliphatic heterocycles. The van der Waals surface area contributed by atoms with Gasteiger partial charge in [0, 0.05) is 19.6 Å². The van der Waals surface area contributed by atoms with Gasteiger partial charge in [-0.1, -0.05) is 66.2 Å². The van der Waals surface area contributed by atoms with Gasteiger partial charge in [-0.3, -0.25) is 9.69 Å². The molecule has 3 aromatic carbocycles. The summed E-state index contributed by atoms with van der Waals surface area (Å²) in [5.41, 5.74) is 1.39. The van der Waals surface area contributed by atoms with Gasteiger partial charge in [-0.15, -0.1) is 12.4 Å². The summed E-state index contributed by atoms with van der Waals surface area (Å²) < 4.78 is 45.7. The third-order valence-electron chi connectivity index (χ3n) is 5.48. The Morgan fingerprint density at radius 1 is 0.944 bits per heavy atom. The smallest absolute Gasteiger partial charge is 0.417 e. The molecule has 3 rings (SSSR count). The second kappa shape index (κ2) is 14.1. The van der Waals surface area contributed by atoms with Gasteiger partial charge in [0.25, 0.3) is 0 Å². The van der Waals surface area contributed by atoms with Crippen LogP contribution in [-0.2, 0) is 30.4 Å². The molecule has 36 heavy (non-hydrogen) atoms. The lowest BCUT2D eigenvalue weighted by Gasteiger charge is -2.24. The van der Waals surface area contributed by atoms with Gasteiger partial charge < -0.3 is 9.84 Å². The number of aliphatic carboxylic acids is 1. The van der Waals surface area contributed by atoms with Gasteiger partial charge in [-0.05, 0) is 47.7 Å². The van der Waals surface area contributed by atoms with Crippen molar-refractivity contribution >= 4 is 30.0 Å². The highest BCUT2D eigenvalue weighted by Crippen LogP contribution is 2.36. The molecule has 0 saturated carbocycles. The summed E-state index contributed by atoms with van der Waals surface area (Å²) in [6.07, 6.45) is -3.21. The lowest BCUT2D eigenvalue weighted by atomic mass is 10.1. The monoisotopic (exact) mass is 541 g/mol. The number of carboxylic acids is 1. The maximum absolute atomic E-state index is 13.3. The second-order valence-electron chi connectivity index (χ2n) is 8.21. The molecule has 0 unspecified atom stereocenters. The van der Waals surface area contributed by atoms with Crippen molar-refractivity contribution in [1.29, 1.82) is 0 Å². The van der Waals surface area contributed by atoms with Crippen molar-refractivity contribution in [2.24, 2.45) is 0 Å². The first kappa shape index (κ1) is 29.5. The second-order valence-corrected chi connectivity index (χ2v) is 8.59. The zero-order chi connectivity index (χ0) is 25.3. The van der Waals surface area contributed by atoms with E-state index in [9.17, 15) is 18.0 Å². The Bertz CT molecular complexity index is 1110. The molecular weight excluding hydrogens is 514 g/mol. The van der Waals surface area contributed by atoms with E-state index in [-0.39, 0.29) is 30.4 Å². The highest BCUT2D eigenvalue weighted by Gasteiger charge is 2.33. The number of hydrogen-bond acceptors (Lipinski definition) is 3. The van der Waals surface area contributed by atoms with E-state index >= 15 is 0 Å². The zero-order valence-electron chi connectivity index (χ0n) is 19.5. The molecule has 0 heterocycles. The fourth-order valence-corrected chi connectivity index (χ4v) is 4.05. The Hall–Kier alpha value is -2.74. The lowest BCUT2D eigenvalue weighted by Crippen LogP contribution is -2.28. The fourth-order valence-electron chi connectivity index (χ4n) is 3.76. The molecule has 9 heteroatoms. The molecular formula is C27H28Cl2F3NO3. The molecule has 3 aromatic rings. The van der Waals surface area contributed by atoms with Crippen molar-refractivity contribution in [3.05, 3.63) is 100 Å². The Morgan fingerprint density at radius 2 is 1.64 bits per heavy atom. The SMILES string of the molecule is Cl.O=C(O)Cc1cccc(OCCCN(CCc2ccccc2)Cc2cccc(C(F)(F)F)c2Cl)c1. The minimum Gasteiger partial charge on any atom is -0.494 e. The topological polar surface area (TPSA) is 49.8 Å². The molecule has 0 aliphatic rings. The average Bonchev–Trinajstić information content (AvgIpc) is 2.81. The average molecular weight is 542 g/mol. The van der Waals surface area contributed by atoms with Crippen LogP contribution in [-0.4, -0.2) is 35.7 Å². The molecule has 0 aromatic heterocycles. The van der Waals surface area contributed by atoms with Crippen molar-refractivity contribution in [1.82, 2.24) is 4.90 Å². The normalized spacial score (nSPS) is 11.2. The molecule has 0 bridgehead atoms. The number of halogens is 5. The standard InChI is InChI=1S/C27H27ClF3NO3.ClH/c28-26-22(10-5-12-24(26)27(29,30)31)19-32(15-13-20-7-2-1-3-8-20)14-6-16-35-23-11-4-9-21(17-23)18-25(33)34;/h1-5,7-12,17H,6,13-16,18-19H2,(H,33,34);1H. The van der Waals surface area contributed by atoms with E-state index < -0.39 is 17.7 Å². The van der Waals surface area contributed by atoms with Crippen LogP contribution in [0.5, 0.6) is 5.75 Å². The van der Waals surface area contributed by atoms with Crippen molar-refractivity contribution in [3.8, 4) is 5.75 Å². The summed E-state index contributed by atoms with van der Waals surface area (Å²) in [4.78, 5) is 13.0. The highest BCUT2D eigenvalue weighted by molar-refractivity contribution is 6.32. The Kier molecular flexibility index (Phi) is 11.6. The van der Waals surface area contributed by atoms with Crippen LogP contribution < -0.4 is 4.74 Å². The van der Waals surface area contributed by atoms with Gasteiger partial charge in [0.2, 0.25) is 0 Å². The molecule has 0 aliphatic carbocycles. The molecule has 0 fully saturated rings. The maximum atomic E-state index is 13.3. The van der Waals surface area contributed by atoms with Crippen molar-refractivity contribution in [2.45, 2.75) is 32.0 Å². The van der Waals surface area contributed by atoms with Crippen LogP contribution in [0.15, 0.2) is 72.8 Å². The summed E-state index contributed by atoms with van der Waals surface area (Å²) >= 11 is 6.13. The first-order valence-electron chi connectivity index (χ1n) is 11.3. The Labute approximate surface area is 220 Å². The first-order valence-corrected chi connectivity index (χ1v) is 11.6. The minimum atomic E-state index is -4.51. The molecule has 194 valence electrons. The van der Waals surface area contributed by atoms with Gasteiger partial charge in [-0.25, -0.2) is 0 Å². The Balaban J connectivity index is 0.00000456. The van der Waals surface area contributed by atoms with Gasteiger partial charge in [0.15, 0.2) is 0 Å². The summed E-state index contributed by atoms with van der Waals surface area (Å²) in [5, 5.41) is 8.68. The minimum absolute atomic E-state index is 0. The van der Waals surface area contributed by atoms with Crippen LogP contribution in [0.4, 0.5) is 13.2 Å². The van der Waals surface area contributed by atoms with E-state index in [0.717, 1.165) is 18.1 Å². The number of rotatable bonds is 12. The van der Waals surface area contributed by atoms with Crippen molar-refractivity contribution < 1.29 is 27.8 Å². The summed E-state index contributed by atoms with van der Waals surface area (Å²) in [7, 11) is 0. The number of ether oxygens (including phenoxy) is 1. The van der Waals surface area contributed by atoms with E-state index in [1.54, 1.807) is 30.3 Å². The van der Waals surface area contributed by atoms with Gasteiger partial charge in [0.05, 0.1) is 23.6 Å². The summed E-state index contributed by atoms with van der Waals surface area (Å²) in [5.74, 6) is -0.329. The summed E-state index contributed by atoms with van der Waals surface area (Å²) in [6.45, 7) is 1.90. The van der Waals surface area contributed by atoms with E-state index in [2.05, 4.69) is 4.90 Å². The van der Waals surface area contributed by atoms with Crippen LogP contribution in [0, 0.1) is 0 Å². The molecule has 1 N–H and O–H groups in total. The van der Waals surface area contributed by atoms with Crippen LogP contribution in [0.25, 0.3) is 0 Å².